The molecule has 0 unspecified atom stereocenters. The van der Waals surface area contributed by atoms with Crippen LogP contribution in [0.2, 0.25) is 0 Å². The van der Waals surface area contributed by atoms with Gasteiger partial charge in [-0.25, -0.2) is 4.39 Å². The lowest BCUT2D eigenvalue weighted by molar-refractivity contribution is -0.185. The molecule has 1 heterocycles. The molecule has 0 spiro atoms. The molecule has 3 nitrogen and oxygen atoms in total. The van der Waals surface area contributed by atoms with E-state index >= 15 is 0 Å². The fourth-order valence-corrected chi connectivity index (χ4v) is 2.60. The second kappa shape index (κ2) is 6.01. The predicted octanol–water partition coefficient (Wildman–Crippen LogP) is 2.88. The molecule has 1 aromatic rings. The first-order valence-corrected chi connectivity index (χ1v) is 6.69. The van der Waals surface area contributed by atoms with Crippen molar-refractivity contribution < 1.29 is 17.6 Å². The van der Waals surface area contributed by atoms with Gasteiger partial charge in [0, 0.05) is 12.1 Å². The maximum Gasteiger partial charge on any atom is 0.391 e. The van der Waals surface area contributed by atoms with Gasteiger partial charge in [0.2, 0.25) is 0 Å². The predicted molar refractivity (Wildman–Crippen MR) is 71.5 cm³/mol. The fourth-order valence-electron chi connectivity index (χ4n) is 2.60. The van der Waals surface area contributed by atoms with Crippen LogP contribution in [0.15, 0.2) is 18.2 Å². The van der Waals surface area contributed by atoms with Crippen LogP contribution in [-0.4, -0.2) is 30.0 Å². The molecule has 0 radical (unpaired) electrons. The Bertz CT molecular complexity index is 519. The summed E-state index contributed by atoms with van der Waals surface area (Å²) in [5, 5.41) is 7.45. The molecule has 0 atom stereocenters. The summed E-state index contributed by atoms with van der Waals surface area (Å²) >= 11 is 0. The Morgan fingerprint density at radius 2 is 1.90 bits per heavy atom. The Kier molecular flexibility index (Phi) is 4.51. The number of hydrogen-bond donors (Lipinski definition) is 2. The molecule has 116 valence electrons. The van der Waals surface area contributed by atoms with Gasteiger partial charge < -0.3 is 5.73 Å². The van der Waals surface area contributed by atoms with E-state index in [2.05, 4.69) is 0 Å². The van der Waals surface area contributed by atoms with Crippen molar-refractivity contribution in [2.75, 3.05) is 13.1 Å². The van der Waals surface area contributed by atoms with Gasteiger partial charge in [-0.1, -0.05) is 6.07 Å². The van der Waals surface area contributed by atoms with Gasteiger partial charge in [0.05, 0.1) is 5.92 Å². The Morgan fingerprint density at radius 3 is 2.43 bits per heavy atom. The molecule has 2 rings (SSSR count). The van der Waals surface area contributed by atoms with Crippen LogP contribution in [0.1, 0.15) is 24.0 Å². The second-order valence-electron chi connectivity index (χ2n) is 5.31. The van der Waals surface area contributed by atoms with Crippen LogP contribution in [0.5, 0.6) is 0 Å². The lowest BCUT2D eigenvalue weighted by atomic mass is 9.95. The number of nitrogens with two attached hydrogens (primary N) is 1. The zero-order chi connectivity index (χ0) is 15.6. The molecular weight excluding hydrogens is 286 g/mol. The summed E-state index contributed by atoms with van der Waals surface area (Å²) in [6.07, 6.45) is -3.99. The Morgan fingerprint density at radius 1 is 1.29 bits per heavy atom. The molecule has 1 aliphatic heterocycles. The smallest absolute Gasteiger partial charge is 0.384 e. The summed E-state index contributed by atoms with van der Waals surface area (Å²) in [7, 11) is 0. The van der Waals surface area contributed by atoms with Crippen molar-refractivity contribution in [3.05, 3.63) is 35.1 Å². The van der Waals surface area contributed by atoms with E-state index in [1.54, 1.807) is 0 Å². The van der Waals surface area contributed by atoms with Crippen molar-refractivity contribution in [2.45, 2.75) is 25.6 Å². The molecule has 1 aliphatic rings. The number of hydrogen-bond acceptors (Lipinski definition) is 2. The third-order valence-electron chi connectivity index (χ3n) is 3.81. The first-order chi connectivity index (χ1) is 9.77. The summed E-state index contributed by atoms with van der Waals surface area (Å²) < 4.78 is 51.0. The van der Waals surface area contributed by atoms with Crippen molar-refractivity contribution in [1.29, 1.82) is 5.41 Å². The zero-order valence-electron chi connectivity index (χ0n) is 11.4. The SMILES string of the molecule is N=C(N)c1cc(F)ccc1CN1CCC(C(F)(F)F)CC1. The minimum atomic E-state index is -4.13. The number of nitrogens with one attached hydrogen (secondary N) is 1. The summed E-state index contributed by atoms with van der Waals surface area (Å²) in [4.78, 5) is 1.88. The molecule has 0 bridgehead atoms. The highest BCUT2D eigenvalue weighted by Crippen LogP contribution is 2.34. The van der Waals surface area contributed by atoms with Crippen LogP contribution >= 0.6 is 0 Å². The lowest BCUT2D eigenvalue weighted by Crippen LogP contribution is -2.38. The van der Waals surface area contributed by atoms with E-state index < -0.39 is 17.9 Å². The van der Waals surface area contributed by atoms with E-state index in [4.69, 9.17) is 11.1 Å². The van der Waals surface area contributed by atoms with Crippen molar-refractivity contribution >= 4 is 5.84 Å². The van der Waals surface area contributed by atoms with Crippen LogP contribution in [0.3, 0.4) is 0 Å². The molecule has 0 aliphatic carbocycles. The number of piperidine rings is 1. The van der Waals surface area contributed by atoms with Gasteiger partial charge in [-0.3, -0.25) is 10.3 Å². The molecule has 3 N–H and O–H groups in total. The van der Waals surface area contributed by atoms with Gasteiger partial charge in [-0.15, -0.1) is 0 Å². The molecule has 1 fully saturated rings. The Labute approximate surface area is 120 Å². The van der Waals surface area contributed by atoms with Gasteiger partial charge in [0.15, 0.2) is 0 Å². The maximum atomic E-state index is 13.2. The summed E-state index contributed by atoms with van der Waals surface area (Å²) in [5.41, 5.74) is 6.38. The van der Waals surface area contributed by atoms with Crippen molar-refractivity contribution in [3.8, 4) is 0 Å². The van der Waals surface area contributed by atoms with E-state index in [0.29, 0.717) is 30.8 Å². The van der Waals surface area contributed by atoms with Crippen molar-refractivity contribution in [2.24, 2.45) is 11.7 Å². The minimum absolute atomic E-state index is 0.0695. The molecule has 1 saturated heterocycles. The number of halogens is 4. The lowest BCUT2D eigenvalue weighted by Gasteiger charge is -2.33. The number of nitrogen functional groups attached to an aromatic ring is 1. The van der Waals surface area contributed by atoms with Crippen LogP contribution in [0, 0.1) is 17.1 Å². The highest BCUT2D eigenvalue weighted by atomic mass is 19.4. The molecule has 7 heteroatoms. The normalized spacial score (nSPS) is 17.9. The molecule has 0 amide bonds. The minimum Gasteiger partial charge on any atom is -0.384 e. The third-order valence-corrected chi connectivity index (χ3v) is 3.81. The van der Waals surface area contributed by atoms with Crippen LogP contribution < -0.4 is 5.73 Å². The average Bonchev–Trinajstić information content (AvgIpc) is 2.40. The van der Waals surface area contributed by atoms with Gasteiger partial charge in [0.25, 0.3) is 0 Å². The number of alkyl halides is 3. The van der Waals surface area contributed by atoms with Gasteiger partial charge >= 0.3 is 6.18 Å². The molecule has 21 heavy (non-hydrogen) atoms. The quantitative estimate of drug-likeness (QED) is 0.512. The summed E-state index contributed by atoms with van der Waals surface area (Å²) in [5.74, 6) is -1.97. The van der Waals surface area contributed by atoms with Crippen LogP contribution in [-0.2, 0) is 6.54 Å². The molecular formula is C14H17F4N3. The Hall–Kier alpha value is -1.63. The van der Waals surface area contributed by atoms with Gasteiger partial charge in [-0.2, -0.15) is 13.2 Å². The highest BCUT2D eigenvalue weighted by Gasteiger charge is 2.40. The number of nitrogens with zero attached hydrogens (tertiary/aromatic N) is 1. The summed E-state index contributed by atoms with van der Waals surface area (Å²) in [6.45, 7) is 1.04. The molecule has 0 saturated carbocycles. The van der Waals surface area contributed by atoms with Crippen molar-refractivity contribution in [3.63, 3.8) is 0 Å². The van der Waals surface area contributed by atoms with Crippen LogP contribution in [0.4, 0.5) is 17.6 Å². The maximum absolute atomic E-state index is 13.2. The monoisotopic (exact) mass is 303 g/mol. The summed E-state index contributed by atoms with van der Waals surface area (Å²) in [6, 6.07) is 3.98. The number of likely N-dealkylation sites (tertiary alicyclic amines) is 1. The van der Waals surface area contributed by atoms with E-state index in [-0.39, 0.29) is 18.7 Å². The topological polar surface area (TPSA) is 53.1 Å². The van der Waals surface area contributed by atoms with E-state index in [0.717, 1.165) is 0 Å². The fraction of sp³-hybridized carbons (Fsp3) is 0.500. The zero-order valence-corrected chi connectivity index (χ0v) is 11.4. The first-order valence-electron chi connectivity index (χ1n) is 6.69. The number of benzene rings is 1. The Balaban J connectivity index is 2.03. The van der Waals surface area contributed by atoms with Gasteiger partial charge in [0.1, 0.15) is 11.7 Å². The second-order valence-corrected chi connectivity index (χ2v) is 5.31. The molecule has 1 aromatic carbocycles. The van der Waals surface area contributed by atoms with E-state index in [9.17, 15) is 17.6 Å². The van der Waals surface area contributed by atoms with Crippen LogP contribution in [0.25, 0.3) is 0 Å². The van der Waals surface area contributed by atoms with E-state index in [1.807, 2.05) is 4.90 Å². The highest BCUT2D eigenvalue weighted by molar-refractivity contribution is 5.96. The largest absolute Gasteiger partial charge is 0.391 e. The third kappa shape index (κ3) is 3.93. The average molecular weight is 303 g/mol. The number of rotatable bonds is 3. The van der Waals surface area contributed by atoms with Gasteiger partial charge in [-0.05, 0) is 43.6 Å². The van der Waals surface area contributed by atoms with Crippen molar-refractivity contribution in [1.82, 2.24) is 4.90 Å². The first kappa shape index (κ1) is 15.8. The number of amidine groups is 1. The van der Waals surface area contributed by atoms with E-state index in [1.165, 1.54) is 18.2 Å². The molecule has 0 aromatic heterocycles. The standard InChI is InChI=1S/C14H17F4N3/c15-11-2-1-9(12(7-11)13(19)20)8-21-5-3-10(4-6-21)14(16,17)18/h1-2,7,10H,3-6,8H2,(H3,19,20).